The fourth-order valence-corrected chi connectivity index (χ4v) is 7.16. The molecule has 1 heterocycles. The highest BCUT2D eigenvalue weighted by Gasteiger charge is 2.68. The summed E-state index contributed by atoms with van der Waals surface area (Å²) < 4.78 is 0. The van der Waals surface area contributed by atoms with Crippen LogP contribution in [0.1, 0.15) is 45.7 Å². The fourth-order valence-electron chi connectivity index (χ4n) is 7.16. The molecule has 2 bridgehead atoms. The molecule has 0 spiro atoms. The van der Waals surface area contributed by atoms with Crippen molar-refractivity contribution in [3.63, 3.8) is 0 Å². The van der Waals surface area contributed by atoms with Crippen molar-refractivity contribution >= 4 is 29.6 Å². The Balaban J connectivity index is 1.31. The molecule has 202 valence electrons. The van der Waals surface area contributed by atoms with E-state index in [4.69, 9.17) is 0 Å². The smallest absolute Gasteiger partial charge is 0.240 e. The van der Waals surface area contributed by atoms with E-state index in [0.29, 0.717) is 12.1 Å². The van der Waals surface area contributed by atoms with Gasteiger partial charge < -0.3 is 0 Å². The molecule has 0 aromatic heterocycles. The number of anilines is 1. The van der Waals surface area contributed by atoms with Gasteiger partial charge in [-0.2, -0.15) is 5.10 Å². The molecule has 1 saturated heterocycles. The van der Waals surface area contributed by atoms with Crippen LogP contribution in [0.15, 0.2) is 108 Å². The standard InChI is InChI=1S/C35H29N3O3/c1-22-15-18-24(19-16-22)38-33(40)31-30-25-11-5-7-13-27(25)35(32(31)34(38)41,28-14-8-6-12-26(28)30)21-36-37-29(39)20-17-23-9-3-2-4-10-23/h2-16,18-19,21,30-32H,17,20H2,1H3,(H,37,39)/b36-21+. The second-order valence-electron chi connectivity index (χ2n) is 11.2. The van der Waals surface area contributed by atoms with Gasteiger partial charge in [-0.15, -0.1) is 0 Å². The van der Waals surface area contributed by atoms with Crippen LogP contribution in [0.5, 0.6) is 0 Å². The number of carbonyl (C=O) groups excluding carboxylic acids is 3. The Bertz CT molecular complexity index is 1660. The molecule has 1 fully saturated rings. The number of hydrogen-bond acceptors (Lipinski definition) is 4. The molecule has 1 N–H and O–H groups in total. The predicted molar refractivity (Wildman–Crippen MR) is 158 cm³/mol. The summed E-state index contributed by atoms with van der Waals surface area (Å²) in [6.07, 6.45) is 2.60. The molecule has 2 unspecified atom stereocenters. The lowest BCUT2D eigenvalue weighted by Crippen LogP contribution is -2.54. The van der Waals surface area contributed by atoms with Crippen LogP contribution in [-0.4, -0.2) is 23.9 Å². The second kappa shape index (κ2) is 9.66. The van der Waals surface area contributed by atoms with E-state index in [1.807, 2.05) is 97.9 Å². The molecule has 0 radical (unpaired) electrons. The lowest BCUT2D eigenvalue weighted by atomic mass is 9.47. The van der Waals surface area contributed by atoms with Crippen molar-refractivity contribution in [3.05, 3.63) is 137 Å². The normalized spacial score (nSPS) is 23.8. The first-order valence-corrected chi connectivity index (χ1v) is 14.0. The van der Waals surface area contributed by atoms with Crippen molar-refractivity contribution in [1.82, 2.24) is 5.43 Å². The number of hydrazone groups is 1. The van der Waals surface area contributed by atoms with Crippen LogP contribution in [0.3, 0.4) is 0 Å². The van der Waals surface area contributed by atoms with E-state index < -0.39 is 17.3 Å². The number of imide groups is 1. The lowest BCUT2D eigenvalue weighted by molar-refractivity contribution is -0.123. The first-order chi connectivity index (χ1) is 20.0. The Morgan fingerprint density at radius 1 is 0.829 bits per heavy atom. The molecule has 3 aliphatic carbocycles. The molecule has 8 rings (SSSR count). The van der Waals surface area contributed by atoms with E-state index >= 15 is 0 Å². The van der Waals surface area contributed by atoms with Crippen LogP contribution in [0.25, 0.3) is 0 Å². The van der Waals surface area contributed by atoms with Gasteiger partial charge in [0.15, 0.2) is 0 Å². The Hall–Kier alpha value is -4.84. The van der Waals surface area contributed by atoms with Crippen LogP contribution >= 0.6 is 0 Å². The van der Waals surface area contributed by atoms with Crippen LogP contribution in [0.4, 0.5) is 5.69 Å². The number of rotatable bonds is 6. The third-order valence-electron chi connectivity index (χ3n) is 8.92. The zero-order chi connectivity index (χ0) is 28.1. The number of amides is 3. The molecule has 0 saturated carbocycles. The van der Waals surface area contributed by atoms with Crippen molar-refractivity contribution in [2.75, 3.05) is 4.90 Å². The van der Waals surface area contributed by atoms with Gasteiger partial charge in [0.05, 0.1) is 22.9 Å². The summed E-state index contributed by atoms with van der Waals surface area (Å²) in [5, 5.41) is 4.50. The third kappa shape index (κ3) is 3.78. The number of carbonyl (C=O) groups is 3. The number of aryl methyl sites for hydroxylation is 2. The van der Waals surface area contributed by atoms with Crippen molar-refractivity contribution in [2.45, 2.75) is 31.1 Å². The Morgan fingerprint density at radius 3 is 2.10 bits per heavy atom. The summed E-state index contributed by atoms with van der Waals surface area (Å²) in [5.41, 5.74) is 8.39. The van der Waals surface area contributed by atoms with Gasteiger partial charge >= 0.3 is 0 Å². The van der Waals surface area contributed by atoms with Gasteiger partial charge in [-0.25, -0.2) is 10.3 Å². The summed E-state index contributed by atoms with van der Waals surface area (Å²) in [7, 11) is 0. The van der Waals surface area contributed by atoms with Gasteiger partial charge in [-0.05, 0) is 53.3 Å². The topological polar surface area (TPSA) is 78.8 Å². The first kappa shape index (κ1) is 25.1. The minimum absolute atomic E-state index is 0.192. The summed E-state index contributed by atoms with van der Waals surface area (Å²) in [5.74, 6) is -2.14. The molecule has 4 aromatic carbocycles. The Labute approximate surface area is 238 Å². The van der Waals surface area contributed by atoms with Crippen molar-refractivity contribution in [3.8, 4) is 0 Å². The third-order valence-corrected chi connectivity index (χ3v) is 8.92. The van der Waals surface area contributed by atoms with Gasteiger partial charge in [-0.1, -0.05) is 96.6 Å². The van der Waals surface area contributed by atoms with E-state index in [1.165, 1.54) is 4.90 Å². The largest absolute Gasteiger partial charge is 0.274 e. The molecule has 1 aliphatic heterocycles. The quantitative estimate of drug-likeness (QED) is 0.206. The predicted octanol–water partition coefficient (Wildman–Crippen LogP) is 5.28. The summed E-state index contributed by atoms with van der Waals surface area (Å²) in [6.45, 7) is 1.98. The number of benzene rings is 4. The second-order valence-corrected chi connectivity index (χ2v) is 11.2. The van der Waals surface area contributed by atoms with Crippen molar-refractivity contribution in [2.24, 2.45) is 16.9 Å². The highest BCUT2D eigenvalue weighted by Crippen LogP contribution is 2.63. The van der Waals surface area contributed by atoms with E-state index in [2.05, 4.69) is 22.7 Å². The van der Waals surface area contributed by atoms with Gasteiger partial charge in [-0.3, -0.25) is 14.4 Å². The number of nitrogens with zero attached hydrogens (tertiary/aromatic N) is 2. The summed E-state index contributed by atoms with van der Waals surface area (Å²) in [4.78, 5) is 42.7. The molecule has 6 heteroatoms. The molecule has 4 aliphatic rings. The maximum absolute atomic E-state index is 14.4. The highest BCUT2D eigenvalue weighted by atomic mass is 16.2. The molecular weight excluding hydrogens is 510 g/mol. The monoisotopic (exact) mass is 539 g/mol. The average molecular weight is 540 g/mol. The zero-order valence-electron chi connectivity index (χ0n) is 22.7. The van der Waals surface area contributed by atoms with E-state index in [1.54, 1.807) is 6.21 Å². The van der Waals surface area contributed by atoms with Crippen LogP contribution in [0, 0.1) is 18.8 Å². The van der Waals surface area contributed by atoms with Crippen LogP contribution < -0.4 is 10.3 Å². The molecule has 3 amide bonds. The SMILES string of the molecule is Cc1ccc(N2C(=O)C3C4c5ccccc5C(/C=N/NC(=O)CCc5ccccc5)(c5ccccc54)C3C2=O)cc1. The molecule has 4 aromatic rings. The van der Waals surface area contributed by atoms with E-state index in [-0.39, 0.29) is 30.1 Å². The van der Waals surface area contributed by atoms with Gasteiger partial charge in [0.1, 0.15) is 0 Å². The maximum atomic E-state index is 14.4. The Kier molecular flexibility index (Phi) is 5.93. The van der Waals surface area contributed by atoms with E-state index in [9.17, 15) is 14.4 Å². The van der Waals surface area contributed by atoms with Crippen molar-refractivity contribution < 1.29 is 14.4 Å². The maximum Gasteiger partial charge on any atom is 0.240 e. The molecular formula is C35H29N3O3. The zero-order valence-corrected chi connectivity index (χ0v) is 22.7. The number of hydrogen-bond donors (Lipinski definition) is 1. The Morgan fingerprint density at radius 2 is 1.44 bits per heavy atom. The number of nitrogens with one attached hydrogen (secondary N) is 1. The minimum atomic E-state index is -1.01. The molecule has 41 heavy (non-hydrogen) atoms. The van der Waals surface area contributed by atoms with Crippen molar-refractivity contribution in [1.29, 1.82) is 0 Å². The van der Waals surface area contributed by atoms with Gasteiger partial charge in [0.2, 0.25) is 17.7 Å². The van der Waals surface area contributed by atoms with Crippen LogP contribution in [-0.2, 0) is 26.2 Å². The minimum Gasteiger partial charge on any atom is -0.274 e. The lowest BCUT2D eigenvalue weighted by Gasteiger charge is -2.52. The van der Waals surface area contributed by atoms with Crippen LogP contribution in [0.2, 0.25) is 0 Å². The average Bonchev–Trinajstić information content (AvgIpc) is 3.28. The molecule has 6 nitrogen and oxygen atoms in total. The summed E-state index contributed by atoms with van der Waals surface area (Å²) in [6, 6.07) is 33.4. The van der Waals surface area contributed by atoms with Gasteiger partial charge in [0.25, 0.3) is 0 Å². The fraction of sp³-hybridized carbons (Fsp3) is 0.200. The first-order valence-electron chi connectivity index (χ1n) is 14.0. The summed E-state index contributed by atoms with van der Waals surface area (Å²) >= 11 is 0. The van der Waals surface area contributed by atoms with E-state index in [0.717, 1.165) is 33.4 Å². The molecule has 2 atom stereocenters. The van der Waals surface area contributed by atoms with Gasteiger partial charge in [0, 0.05) is 18.6 Å². The highest BCUT2D eigenvalue weighted by molar-refractivity contribution is 6.25.